The first-order valence-corrected chi connectivity index (χ1v) is 11.5. The first kappa shape index (κ1) is 23.2. The molecule has 1 unspecified atom stereocenters. The summed E-state index contributed by atoms with van der Waals surface area (Å²) in [6.45, 7) is 8.98. The third-order valence-electron chi connectivity index (χ3n) is 6.41. The number of hydrogen-bond donors (Lipinski definition) is 2. The molecule has 5 nitrogen and oxygen atoms in total. The molecule has 1 saturated carbocycles. The number of rotatable bonds is 7. The summed E-state index contributed by atoms with van der Waals surface area (Å²) in [4.78, 5) is 11.9. The maximum Gasteiger partial charge on any atom is 0.243 e. The molecule has 0 aromatic rings. The Balaban J connectivity index is 1.39. The van der Waals surface area contributed by atoms with Crippen molar-refractivity contribution in [3.63, 3.8) is 0 Å². The van der Waals surface area contributed by atoms with Crippen LogP contribution in [0.4, 0.5) is 0 Å². The molecule has 1 spiro atoms. The Morgan fingerprint density at radius 1 is 1.23 bits per heavy atom. The molecule has 5 heteroatoms. The normalized spacial score (nSPS) is 35.1. The van der Waals surface area contributed by atoms with Crippen molar-refractivity contribution < 1.29 is 19.4 Å². The van der Waals surface area contributed by atoms with Gasteiger partial charge in [0.05, 0.1) is 30.0 Å². The van der Waals surface area contributed by atoms with E-state index in [1.165, 1.54) is 17.7 Å². The third-order valence-corrected chi connectivity index (χ3v) is 6.41. The van der Waals surface area contributed by atoms with E-state index >= 15 is 0 Å². The van der Waals surface area contributed by atoms with Crippen molar-refractivity contribution >= 4 is 5.91 Å². The quantitative estimate of drug-likeness (QED) is 0.370. The largest absolute Gasteiger partial charge is 0.389 e. The van der Waals surface area contributed by atoms with Crippen molar-refractivity contribution in [1.82, 2.24) is 5.32 Å². The summed E-state index contributed by atoms with van der Waals surface area (Å²) < 4.78 is 11.9. The number of epoxide rings is 1. The highest BCUT2D eigenvalue weighted by molar-refractivity contribution is 5.87. The smallest absolute Gasteiger partial charge is 0.243 e. The molecule has 1 amide bonds. The fourth-order valence-corrected chi connectivity index (χ4v) is 4.84. The molecule has 1 aliphatic carbocycles. The second-order valence-electron chi connectivity index (χ2n) is 10.1. The van der Waals surface area contributed by atoms with E-state index in [9.17, 15) is 9.90 Å². The zero-order valence-electron chi connectivity index (χ0n) is 19.0. The predicted molar refractivity (Wildman–Crippen MR) is 119 cm³/mol. The Hall–Kier alpha value is -1.43. The maximum atomic E-state index is 11.9. The lowest BCUT2D eigenvalue weighted by molar-refractivity contribution is -0.117. The van der Waals surface area contributed by atoms with Gasteiger partial charge in [0, 0.05) is 25.0 Å². The summed E-state index contributed by atoms with van der Waals surface area (Å²) in [7, 11) is 0. The topological polar surface area (TPSA) is 71.1 Å². The molecule has 3 aliphatic rings. The summed E-state index contributed by atoms with van der Waals surface area (Å²) in [6.07, 6.45) is 16.6. The average Bonchev–Trinajstić information content (AvgIpc) is 3.40. The van der Waals surface area contributed by atoms with Crippen LogP contribution in [0.3, 0.4) is 0 Å². The van der Waals surface area contributed by atoms with E-state index in [0.29, 0.717) is 5.92 Å². The first-order chi connectivity index (χ1) is 14.1. The summed E-state index contributed by atoms with van der Waals surface area (Å²) in [6, 6.07) is 0.251. The molecular formula is C25H39NO4. The molecule has 168 valence electrons. The van der Waals surface area contributed by atoms with Gasteiger partial charge < -0.3 is 19.9 Å². The van der Waals surface area contributed by atoms with Crippen LogP contribution in [0.2, 0.25) is 0 Å². The van der Waals surface area contributed by atoms with Crippen LogP contribution in [-0.2, 0) is 14.3 Å². The number of aliphatic hydroxyl groups excluding tert-OH is 1. The molecule has 0 bridgehead atoms. The Morgan fingerprint density at radius 3 is 2.57 bits per heavy atom. The number of carbonyl (C=O) groups excluding carboxylic acids is 1. The fraction of sp³-hybridized carbons (Fsp3) is 0.720. The van der Waals surface area contributed by atoms with Gasteiger partial charge in [-0.15, -0.1) is 0 Å². The van der Waals surface area contributed by atoms with Crippen molar-refractivity contribution in [2.45, 2.75) is 102 Å². The van der Waals surface area contributed by atoms with E-state index in [1.54, 1.807) is 6.92 Å². The van der Waals surface area contributed by atoms with Crippen molar-refractivity contribution in [2.75, 3.05) is 6.61 Å². The highest BCUT2D eigenvalue weighted by Gasteiger charge is 2.53. The van der Waals surface area contributed by atoms with Crippen LogP contribution in [0.25, 0.3) is 0 Å². The minimum absolute atomic E-state index is 0.0641. The molecular weight excluding hydrogens is 378 g/mol. The molecule has 0 aromatic carbocycles. The van der Waals surface area contributed by atoms with Crippen molar-refractivity contribution in [1.29, 1.82) is 0 Å². The highest BCUT2D eigenvalue weighted by atomic mass is 16.6. The van der Waals surface area contributed by atoms with Crippen LogP contribution in [0.1, 0.15) is 72.6 Å². The second kappa shape index (κ2) is 9.80. The number of carbonyl (C=O) groups is 1. The van der Waals surface area contributed by atoms with Gasteiger partial charge in [-0.25, -0.2) is 0 Å². The van der Waals surface area contributed by atoms with E-state index in [0.717, 1.165) is 51.6 Å². The van der Waals surface area contributed by atoms with Crippen LogP contribution in [0.15, 0.2) is 36.0 Å². The van der Waals surface area contributed by atoms with Gasteiger partial charge in [0.2, 0.25) is 5.91 Å². The molecule has 2 heterocycles. The van der Waals surface area contributed by atoms with Crippen LogP contribution >= 0.6 is 0 Å². The van der Waals surface area contributed by atoms with E-state index in [4.69, 9.17) is 9.47 Å². The minimum Gasteiger partial charge on any atom is -0.389 e. The summed E-state index contributed by atoms with van der Waals surface area (Å²) in [5, 5.41) is 12.3. The number of amides is 1. The van der Waals surface area contributed by atoms with Crippen LogP contribution in [0.5, 0.6) is 0 Å². The summed E-state index contributed by atoms with van der Waals surface area (Å²) in [5.41, 5.74) is 1.22. The molecule has 3 fully saturated rings. The molecule has 2 saturated heterocycles. The molecule has 0 aromatic heterocycles. The maximum absolute atomic E-state index is 11.9. The molecule has 30 heavy (non-hydrogen) atoms. The zero-order valence-corrected chi connectivity index (χ0v) is 19.0. The van der Waals surface area contributed by atoms with Gasteiger partial charge in [-0.3, -0.25) is 4.79 Å². The van der Waals surface area contributed by atoms with E-state index in [2.05, 4.69) is 44.3 Å². The van der Waals surface area contributed by atoms with E-state index in [1.807, 2.05) is 0 Å². The minimum atomic E-state index is -0.588. The Morgan fingerprint density at radius 2 is 1.93 bits per heavy atom. The van der Waals surface area contributed by atoms with Gasteiger partial charge in [0.1, 0.15) is 0 Å². The van der Waals surface area contributed by atoms with Gasteiger partial charge in [-0.05, 0) is 65.7 Å². The Labute approximate surface area is 181 Å². The van der Waals surface area contributed by atoms with Crippen LogP contribution < -0.4 is 5.32 Å². The molecule has 0 radical (unpaired) electrons. The van der Waals surface area contributed by atoms with Crippen molar-refractivity contribution in [2.24, 2.45) is 5.92 Å². The van der Waals surface area contributed by atoms with Gasteiger partial charge in [-0.1, -0.05) is 29.9 Å². The number of ether oxygens (including phenoxy) is 2. The number of nitrogens with one attached hydrogen (secondary N) is 1. The number of aliphatic hydroxyl groups is 1. The van der Waals surface area contributed by atoms with Crippen molar-refractivity contribution in [3.05, 3.63) is 36.0 Å². The Bertz CT molecular complexity index is 673. The lowest BCUT2D eigenvalue weighted by Crippen LogP contribution is -2.43. The van der Waals surface area contributed by atoms with Gasteiger partial charge in [-0.2, -0.15) is 0 Å². The monoisotopic (exact) mass is 417 g/mol. The molecule has 3 rings (SSSR count). The van der Waals surface area contributed by atoms with E-state index in [-0.39, 0.29) is 29.3 Å². The standard InChI is InChI=1S/C25H39NO4/c1-18(6-13-22-15-25(17-29-25)16-24(3,4)30-22)5-8-20-9-11-21(12-10-20)26-23(28)14-7-19(2)27/h5-7,13-14,19-22,27H,8-12,15-17H2,1-4H3,(H,26,28)/t19?,20?,21?,22-,25-/m1/s1. The fourth-order valence-electron chi connectivity index (χ4n) is 4.84. The van der Waals surface area contributed by atoms with Crippen LogP contribution in [-0.4, -0.2) is 47.1 Å². The van der Waals surface area contributed by atoms with E-state index < -0.39 is 6.10 Å². The molecule has 3 atom stereocenters. The lowest BCUT2D eigenvalue weighted by atomic mass is 9.83. The lowest BCUT2D eigenvalue weighted by Gasteiger charge is -2.38. The van der Waals surface area contributed by atoms with Crippen LogP contribution in [0, 0.1) is 5.92 Å². The molecule has 2 aliphatic heterocycles. The predicted octanol–water partition coefficient (Wildman–Crippen LogP) is 4.22. The highest BCUT2D eigenvalue weighted by Crippen LogP contribution is 2.46. The zero-order chi connectivity index (χ0) is 21.8. The second-order valence-corrected chi connectivity index (χ2v) is 10.1. The molecule has 2 N–H and O–H groups in total. The SMILES string of the molecule is CC(C=C[C@@H]1C[C@]2(CO2)CC(C)(C)O1)=CCC1CCC(NC(=O)C=CC(C)O)CC1. The third kappa shape index (κ3) is 7.36. The Kier molecular flexibility index (Phi) is 7.59. The summed E-state index contributed by atoms with van der Waals surface area (Å²) >= 11 is 0. The van der Waals surface area contributed by atoms with Gasteiger partial charge in [0.25, 0.3) is 0 Å². The number of allylic oxidation sites excluding steroid dienone is 3. The summed E-state index contributed by atoms with van der Waals surface area (Å²) in [5.74, 6) is 0.578. The van der Waals surface area contributed by atoms with Gasteiger partial charge >= 0.3 is 0 Å². The average molecular weight is 418 g/mol. The van der Waals surface area contributed by atoms with Crippen molar-refractivity contribution in [3.8, 4) is 0 Å². The van der Waals surface area contributed by atoms with Gasteiger partial charge in [0.15, 0.2) is 0 Å². The number of hydrogen-bond acceptors (Lipinski definition) is 4. The first-order valence-electron chi connectivity index (χ1n) is 11.5.